The normalized spacial score (nSPS) is 13.1. The quantitative estimate of drug-likeness (QED) is 0.532. The minimum absolute atomic E-state index is 0.145. The van der Waals surface area contributed by atoms with Crippen molar-refractivity contribution in [2.45, 2.75) is 42.6 Å². The first-order valence-electron chi connectivity index (χ1n) is 9.48. The lowest BCUT2D eigenvalue weighted by atomic mass is 9.97. The Morgan fingerprint density at radius 2 is 1.90 bits per heavy atom. The maximum absolute atomic E-state index is 12.3. The lowest BCUT2D eigenvalue weighted by molar-refractivity contribution is -0.152. The van der Waals surface area contributed by atoms with E-state index in [2.05, 4.69) is 6.07 Å². The molecule has 29 heavy (non-hydrogen) atoms. The molecule has 0 aliphatic carbocycles. The number of fused-ring (bicyclic) bond motifs is 2. The lowest BCUT2D eigenvalue weighted by Gasteiger charge is -2.17. The zero-order chi connectivity index (χ0) is 20.8. The summed E-state index contributed by atoms with van der Waals surface area (Å²) in [4.78, 5) is 26.1. The van der Waals surface area contributed by atoms with Crippen LogP contribution in [0, 0.1) is 11.3 Å². The highest BCUT2D eigenvalue weighted by Crippen LogP contribution is 2.38. The second kappa shape index (κ2) is 9.58. The Morgan fingerprint density at radius 1 is 1.10 bits per heavy atom. The minimum Gasteiger partial charge on any atom is -0.464 e. The van der Waals surface area contributed by atoms with Crippen molar-refractivity contribution in [1.82, 2.24) is 0 Å². The number of benzene rings is 2. The van der Waals surface area contributed by atoms with E-state index < -0.39 is 12.1 Å². The van der Waals surface area contributed by atoms with Gasteiger partial charge in [-0.15, -0.1) is 0 Å². The Balaban J connectivity index is 1.94. The Kier molecular flexibility index (Phi) is 6.90. The number of esters is 1. The fourth-order valence-electron chi connectivity index (χ4n) is 3.27. The fourth-order valence-corrected chi connectivity index (χ4v) is 4.43. The molecule has 1 aliphatic heterocycles. The number of ether oxygens (including phenoxy) is 2. The molecule has 1 aliphatic rings. The van der Waals surface area contributed by atoms with Gasteiger partial charge < -0.3 is 9.47 Å². The standard InChI is InChI=1S/C23H21NO4S/c1-3-27-22(23(26)28-4-2)19(14-25)17-9-10-20-18(12-17)8-7-16-6-5-15(13-24)11-21(16)29-20/h5-6,9-12,22H,3-4,7-8H2,1-2H3. The van der Waals surface area contributed by atoms with Crippen LogP contribution in [0.25, 0.3) is 5.57 Å². The molecule has 0 N–H and O–H groups in total. The monoisotopic (exact) mass is 407 g/mol. The van der Waals surface area contributed by atoms with Crippen LogP contribution in [-0.2, 0) is 31.9 Å². The molecule has 0 spiro atoms. The van der Waals surface area contributed by atoms with Crippen LogP contribution in [0.1, 0.15) is 36.1 Å². The van der Waals surface area contributed by atoms with Crippen LogP contribution in [0.15, 0.2) is 46.2 Å². The van der Waals surface area contributed by atoms with Crippen LogP contribution in [0.2, 0.25) is 0 Å². The van der Waals surface area contributed by atoms with Crippen molar-refractivity contribution in [3.63, 3.8) is 0 Å². The van der Waals surface area contributed by atoms with Crippen molar-refractivity contribution in [2.75, 3.05) is 13.2 Å². The zero-order valence-electron chi connectivity index (χ0n) is 16.4. The van der Waals surface area contributed by atoms with E-state index >= 15 is 0 Å². The molecule has 1 atom stereocenters. The molecule has 6 heteroatoms. The predicted molar refractivity (Wildman–Crippen MR) is 110 cm³/mol. The molecule has 0 saturated carbocycles. The van der Waals surface area contributed by atoms with Gasteiger partial charge in [-0.2, -0.15) is 5.26 Å². The molecule has 0 amide bonds. The lowest BCUT2D eigenvalue weighted by Crippen LogP contribution is -2.28. The summed E-state index contributed by atoms with van der Waals surface area (Å²) in [7, 11) is 0. The van der Waals surface area contributed by atoms with E-state index in [0.717, 1.165) is 28.2 Å². The zero-order valence-corrected chi connectivity index (χ0v) is 17.2. The summed E-state index contributed by atoms with van der Waals surface area (Å²) in [6.45, 7) is 3.94. The number of rotatable bonds is 6. The highest BCUT2D eigenvalue weighted by Gasteiger charge is 2.28. The van der Waals surface area contributed by atoms with Gasteiger partial charge in [0.2, 0.25) is 0 Å². The van der Waals surface area contributed by atoms with Crippen LogP contribution >= 0.6 is 11.8 Å². The second-order valence-corrected chi connectivity index (χ2v) is 7.55. The Morgan fingerprint density at radius 3 is 2.59 bits per heavy atom. The second-order valence-electron chi connectivity index (χ2n) is 6.46. The summed E-state index contributed by atoms with van der Waals surface area (Å²) < 4.78 is 10.6. The van der Waals surface area contributed by atoms with Gasteiger partial charge in [-0.3, -0.25) is 0 Å². The van der Waals surface area contributed by atoms with Gasteiger partial charge in [-0.05, 0) is 67.6 Å². The summed E-state index contributed by atoms with van der Waals surface area (Å²) in [5, 5.41) is 9.16. The van der Waals surface area contributed by atoms with Crippen LogP contribution in [0.3, 0.4) is 0 Å². The molecular weight excluding hydrogens is 386 g/mol. The van der Waals surface area contributed by atoms with Crippen LogP contribution in [-0.4, -0.2) is 31.2 Å². The van der Waals surface area contributed by atoms with Gasteiger partial charge >= 0.3 is 5.97 Å². The Labute approximate surface area is 174 Å². The number of nitriles is 1. The molecular formula is C23H21NO4S. The van der Waals surface area contributed by atoms with E-state index in [0.29, 0.717) is 11.1 Å². The number of carbonyl (C=O) groups is 1. The molecule has 1 heterocycles. The third-order valence-corrected chi connectivity index (χ3v) is 5.88. The Hall–Kier alpha value is -2.84. The number of hydrogen-bond donors (Lipinski definition) is 0. The molecule has 0 aromatic heterocycles. The smallest absolute Gasteiger partial charge is 0.340 e. The number of carbonyl (C=O) groups excluding carboxylic acids is 2. The van der Waals surface area contributed by atoms with E-state index in [4.69, 9.17) is 14.7 Å². The SMILES string of the molecule is CCOC(=O)C(OCC)C(=C=O)c1ccc2c(c1)CCc1ccc(C#N)cc1S2. The first-order valence-corrected chi connectivity index (χ1v) is 10.3. The molecule has 0 fully saturated rings. The van der Waals surface area contributed by atoms with Crippen molar-refractivity contribution in [2.24, 2.45) is 0 Å². The predicted octanol–water partition coefficient (Wildman–Crippen LogP) is 3.99. The third-order valence-electron chi connectivity index (χ3n) is 4.66. The summed E-state index contributed by atoms with van der Waals surface area (Å²) in [5.74, 6) is 1.31. The fraction of sp³-hybridized carbons (Fsp3) is 0.304. The number of hydrogen-bond acceptors (Lipinski definition) is 6. The molecule has 148 valence electrons. The number of nitrogens with zero attached hydrogens (tertiary/aromatic N) is 1. The maximum Gasteiger partial charge on any atom is 0.340 e. The summed E-state index contributed by atoms with van der Waals surface area (Å²) in [5.41, 5.74) is 3.66. The van der Waals surface area contributed by atoms with Gasteiger partial charge in [0.25, 0.3) is 0 Å². The summed E-state index contributed by atoms with van der Waals surface area (Å²) >= 11 is 1.61. The van der Waals surface area contributed by atoms with Gasteiger partial charge in [0.15, 0.2) is 6.10 Å². The molecule has 1 unspecified atom stereocenters. The van der Waals surface area contributed by atoms with E-state index in [1.165, 1.54) is 5.56 Å². The minimum atomic E-state index is -1.09. The van der Waals surface area contributed by atoms with Crippen LogP contribution < -0.4 is 0 Å². The van der Waals surface area contributed by atoms with E-state index in [1.807, 2.05) is 36.3 Å². The van der Waals surface area contributed by atoms with Crippen molar-refractivity contribution in [3.05, 3.63) is 58.7 Å². The van der Waals surface area contributed by atoms with Crippen molar-refractivity contribution >= 4 is 29.2 Å². The third kappa shape index (κ3) is 4.60. The summed E-state index contributed by atoms with van der Waals surface area (Å²) in [6.07, 6.45) is 0.529. The van der Waals surface area contributed by atoms with Gasteiger partial charge in [0.1, 0.15) is 5.94 Å². The molecule has 3 rings (SSSR count). The van der Waals surface area contributed by atoms with Gasteiger partial charge in [0.05, 0.1) is 23.8 Å². The highest BCUT2D eigenvalue weighted by molar-refractivity contribution is 7.99. The highest BCUT2D eigenvalue weighted by atomic mass is 32.2. The molecule has 0 bridgehead atoms. The molecule has 2 aromatic carbocycles. The average Bonchev–Trinajstić information content (AvgIpc) is 2.92. The van der Waals surface area contributed by atoms with E-state index in [-0.39, 0.29) is 18.8 Å². The first-order chi connectivity index (χ1) is 14.1. The van der Waals surface area contributed by atoms with Gasteiger partial charge in [0, 0.05) is 16.4 Å². The van der Waals surface area contributed by atoms with E-state index in [9.17, 15) is 9.59 Å². The molecule has 0 saturated heterocycles. The van der Waals surface area contributed by atoms with Gasteiger partial charge in [-0.1, -0.05) is 23.9 Å². The van der Waals surface area contributed by atoms with Crippen molar-refractivity contribution < 1.29 is 19.1 Å². The average molecular weight is 407 g/mol. The van der Waals surface area contributed by atoms with Gasteiger partial charge in [-0.25, -0.2) is 9.59 Å². The number of aryl methyl sites for hydroxylation is 2. The largest absolute Gasteiger partial charge is 0.464 e. The summed E-state index contributed by atoms with van der Waals surface area (Å²) in [6, 6.07) is 13.6. The maximum atomic E-state index is 12.3. The van der Waals surface area contributed by atoms with Crippen molar-refractivity contribution in [1.29, 1.82) is 5.26 Å². The topological polar surface area (TPSA) is 76.4 Å². The van der Waals surface area contributed by atoms with Crippen molar-refractivity contribution in [3.8, 4) is 6.07 Å². The first kappa shape index (κ1) is 20.9. The van der Waals surface area contributed by atoms with Crippen LogP contribution in [0.4, 0.5) is 0 Å². The molecule has 0 radical (unpaired) electrons. The molecule has 5 nitrogen and oxygen atoms in total. The molecule has 2 aromatic rings. The Bertz CT molecular complexity index is 1020. The van der Waals surface area contributed by atoms with E-state index in [1.54, 1.807) is 31.7 Å². The van der Waals surface area contributed by atoms with Crippen LogP contribution in [0.5, 0.6) is 0 Å².